The maximum Gasteiger partial charge on any atom is 0.338 e. The summed E-state index contributed by atoms with van der Waals surface area (Å²) < 4.78 is 16.0. The van der Waals surface area contributed by atoms with Gasteiger partial charge in [-0.25, -0.2) is 4.79 Å². The van der Waals surface area contributed by atoms with Gasteiger partial charge in [0.15, 0.2) is 11.5 Å². The van der Waals surface area contributed by atoms with Crippen molar-refractivity contribution >= 4 is 29.2 Å². The molecule has 0 aromatic heterocycles. The zero-order valence-corrected chi connectivity index (χ0v) is 15.1. The van der Waals surface area contributed by atoms with Gasteiger partial charge in [0.2, 0.25) is 0 Å². The third kappa shape index (κ3) is 4.08. The van der Waals surface area contributed by atoms with E-state index in [-0.39, 0.29) is 12.0 Å². The van der Waals surface area contributed by atoms with Gasteiger partial charge < -0.3 is 19.5 Å². The number of benzene rings is 2. The monoisotopic (exact) mass is 375 g/mol. The Morgan fingerprint density at radius 3 is 2.46 bits per heavy atom. The van der Waals surface area contributed by atoms with Crippen molar-refractivity contribution in [1.82, 2.24) is 0 Å². The number of fused-ring (bicyclic) bond motifs is 1. The Balaban J connectivity index is 1.72. The number of anilines is 1. The van der Waals surface area contributed by atoms with E-state index in [1.54, 1.807) is 44.2 Å². The van der Waals surface area contributed by atoms with E-state index in [0.717, 1.165) is 0 Å². The van der Waals surface area contributed by atoms with Crippen molar-refractivity contribution in [3.05, 3.63) is 52.5 Å². The highest BCUT2D eigenvalue weighted by atomic mass is 35.5. The van der Waals surface area contributed by atoms with Crippen LogP contribution < -0.4 is 14.8 Å². The number of hydrogen-bond donors (Lipinski definition) is 1. The lowest BCUT2D eigenvalue weighted by molar-refractivity contribution is 0.0378. The molecule has 7 heteroatoms. The zero-order chi connectivity index (χ0) is 18.7. The van der Waals surface area contributed by atoms with Crippen molar-refractivity contribution < 1.29 is 23.8 Å². The lowest BCUT2D eigenvalue weighted by Gasteiger charge is -2.20. The van der Waals surface area contributed by atoms with Crippen LogP contribution in [0.4, 0.5) is 5.69 Å². The predicted octanol–water partition coefficient (Wildman–Crippen LogP) is 3.93. The maximum atomic E-state index is 12.5. The SMILES string of the molecule is CC(C)OC(=O)c1ccc(NC(=O)c2cc(Cl)c3c(c2)OCCO3)cc1. The summed E-state index contributed by atoms with van der Waals surface area (Å²) in [5.41, 5.74) is 1.31. The molecule has 6 nitrogen and oxygen atoms in total. The van der Waals surface area contributed by atoms with Crippen LogP contribution in [0.2, 0.25) is 5.02 Å². The average molecular weight is 376 g/mol. The van der Waals surface area contributed by atoms with Gasteiger partial charge in [-0.1, -0.05) is 11.6 Å². The molecule has 3 rings (SSSR count). The van der Waals surface area contributed by atoms with Crippen molar-refractivity contribution in [2.24, 2.45) is 0 Å². The zero-order valence-electron chi connectivity index (χ0n) is 14.4. The Kier molecular flexibility index (Phi) is 5.32. The summed E-state index contributed by atoms with van der Waals surface area (Å²) in [6, 6.07) is 9.57. The largest absolute Gasteiger partial charge is 0.486 e. The van der Waals surface area contributed by atoms with Crippen LogP contribution in [0.3, 0.4) is 0 Å². The molecule has 0 fully saturated rings. The van der Waals surface area contributed by atoms with E-state index in [1.807, 2.05) is 0 Å². The molecule has 0 saturated heterocycles. The van der Waals surface area contributed by atoms with Crippen LogP contribution in [0.25, 0.3) is 0 Å². The lowest BCUT2D eigenvalue weighted by atomic mass is 10.1. The van der Waals surface area contributed by atoms with Gasteiger partial charge in [-0.3, -0.25) is 4.79 Å². The number of ether oxygens (including phenoxy) is 3. The second kappa shape index (κ2) is 7.66. The van der Waals surface area contributed by atoms with Gasteiger partial charge in [0, 0.05) is 11.3 Å². The second-order valence-electron chi connectivity index (χ2n) is 5.97. The number of esters is 1. The van der Waals surface area contributed by atoms with Gasteiger partial charge in [-0.15, -0.1) is 0 Å². The van der Waals surface area contributed by atoms with E-state index in [2.05, 4.69) is 5.32 Å². The molecule has 1 heterocycles. The molecule has 2 aromatic rings. The third-order valence-corrected chi connectivity index (χ3v) is 3.86. The molecule has 136 valence electrons. The molecule has 26 heavy (non-hydrogen) atoms. The number of nitrogens with one attached hydrogen (secondary N) is 1. The van der Waals surface area contributed by atoms with E-state index in [9.17, 15) is 9.59 Å². The van der Waals surface area contributed by atoms with Crippen molar-refractivity contribution in [3.63, 3.8) is 0 Å². The number of carbonyl (C=O) groups excluding carboxylic acids is 2. The smallest absolute Gasteiger partial charge is 0.338 e. The Morgan fingerprint density at radius 1 is 1.08 bits per heavy atom. The van der Waals surface area contributed by atoms with Gasteiger partial charge in [-0.2, -0.15) is 0 Å². The Bertz CT molecular complexity index is 833. The topological polar surface area (TPSA) is 73.9 Å². The number of rotatable bonds is 4. The summed E-state index contributed by atoms with van der Waals surface area (Å²) in [7, 11) is 0. The van der Waals surface area contributed by atoms with E-state index in [1.165, 1.54) is 6.07 Å². The molecule has 0 bridgehead atoms. The number of hydrogen-bond acceptors (Lipinski definition) is 5. The van der Waals surface area contributed by atoms with Crippen LogP contribution >= 0.6 is 11.6 Å². The molecule has 2 aromatic carbocycles. The normalized spacial score (nSPS) is 12.6. The fourth-order valence-electron chi connectivity index (χ4n) is 2.42. The van der Waals surface area contributed by atoms with E-state index in [0.29, 0.717) is 46.5 Å². The van der Waals surface area contributed by atoms with Gasteiger partial charge in [0.05, 0.1) is 16.7 Å². The van der Waals surface area contributed by atoms with Crippen molar-refractivity contribution in [2.45, 2.75) is 20.0 Å². The van der Waals surface area contributed by atoms with Gasteiger partial charge in [0.25, 0.3) is 5.91 Å². The highest BCUT2D eigenvalue weighted by molar-refractivity contribution is 6.32. The molecular weight excluding hydrogens is 358 g/mol. The van der Waals surface area contributed by atoms with Crippen LogP contribution in [0.5, 0.6) is 11.5 Å². The highest BCUT2D eigenvalue weighted by Gasteiger charge is 2.19. The van der Waals surface area contributed by atoms with Crippen LogP contribution in [0.1, 0.15) is 34.6 Å². The summed E-state index contributed by atoms with van der Waals surface area (Å²) in [4.78, 5) is 24.3. The Labute approximate surface area is 156 Å². The first-order chi connectivity index (χ1) is 12.4. The van der Waals surface area contributed by atoms with Crippen LogP contribution in [0.15, 0.2) is 36.4 Å². The fourth-order valence-corrected chi connectivity index (χ4v) is 2.68. The van der Waals surface area contributed by atoms with Crippen LogP contribution in [-0.4, -0.2) is 31.2 Å². The maximum absolute atomic E-state index is 12.5. The third-order valence-electron chi connectivity index (χ3n) is 3.58. The van der Waals surface area contributed by atoms with E-state index >= 15 is 0 Å². The van der Waals surface area contributed by atoms with Gasteiger partial charge in [0.1, 0.15) is 13.2 Å². The molecule has 1 N–H and O–H groups in total. The van der Waals surface area contributed by atoms with Crippen molar-refractivity contribution in [2.75, 3.05) is 18.5 Å². The number of halogens is 1. The summed E-state index contributed by atoms with van der Waals surface area (Å²) in [5, 5.41) is 3.07. The van der Waals surface area contributed by atoms with E-state index < -0.39 is 5.97 Å². The van der Waals surface area contributed by atoms with Crippen LogP contribution in [0, 0.1) is 0 Å². The molecule has 1 aliphatic heterocycles. The van der Waals surface area contributed by atoms with Crippen molar-refractivity contribution in [3.8, 4) is 11.5 Å². The predicted molar refractivity (Wildman–Crippen MR) is 97.4 cm³/mol. The number of amides is 1. The van der Waals surface area contributed by atoms with Crippen molar-refractivity contribution in [1.29, 1.82) is 0 Å². The molecular formula is C19H18ClNO5. The first-order valence-electron chi connectivity index (χ1n) is 8.15. The first-order valence-corrected chi connectivity index (χ1v) is 8.53. The minimum atomic E-state index is -0.406. The summed E-state index contributed by atoms with van der Waals surface area (Å²) >= 11 is 6.16. The molecule has 0 spiro atoms. The Morgan fingerprint density at radius 2 is 1.77 bits per heavy atom. The average Bonchev–Trinajstić information content (AvgIpc) is 2.61. The molecule has 1 amide bonds. The Hall–Kier alpha value is -2.73. The number of carbonyl (C=O) groups is 2. The van der Waals surface area contributed by atoms with Crippen LogP contribution in [-0.2, 0) is 4.74 Å². The lowest BCUT2D eigenvalue weighted by Crippen LogP contribution is -2.17. The quantitative estimate of drug-likeness (QED) is 0.819. The fraction of sp³-hybridized carbons (Fsp3) is 0.263. The molecule has 0 atom stereocenters. The standard InChI is InChI=1S/C19H18ClNO5/c1-11(2)26-19(23)12-3-5-14(6-4-12)21-18(22)13-9-15(20)17-16(10-13)24-7-8-25-17/h3-6,9-11H,7-8H2,1-2H3,(H,21,22). The summed E-state index contributed by atoms with van der Waals surface area (Å²) in [6.45, 7) is 4.39. The summed E-state index contributed by atoms with van der Waals surface area (Å²) in [5.74, 6) is 0.140. The second-order valence-corrected chi connectivity index (χ2v) is 6.37. The van der Waals surface area contributed by atoms with E-state index in [4.69, 9.17) is 25.8 Å². The minimum absolute atomic E-state index is 0.193. The first kappa shape index (κ1) is 18.1. The van der Waals surface area contributed by atoms with Gasteiger partial charge >= 0.3 is 5.97 Å². The van der Waals surface area contributed by atoms with Gasteiger partial charge in [-0.05, 0) is 50.2 Å². The minimum Gasteiger partial charge on any atom is -0.486 e. The molecule has 0 unspecified atom stereocenters. The summed E-state index contributed by atoms with van der Waals surface area (Å²) in [6.07, 6.45) is -0.193. The molecule has 0 saturated carbocycles. The molecule has 0 aliphatic carbocycles. The highest BCUT2D eigenvalue weighted by Crippen LogP contribution is 2.38. The molecule has 1 aliphatic rings. The molecule has 0 radical (unpaired) electrons.